The second kappa shape index (κ2) is 9.07. The molecular weight excluding hydrogens is 420 g/mol. The molecule has 10 nitrogen and oxygen atoms in total. The van der Waals surface area contributed by atoms with Crippen molar-refractivity contribution >= 4 is 35.0 Å². The van der Waals surface area contributed by atoms with Gasteiger partial charge in [0.05, 0.1) is 24.6 Å². The highest BCUT2D eigenvalue weighted by Gasteiger charge is 2.20. The number of H-pyrrole nitrogens is 1. The Bertz CT molecular complexity index is 1160. The van der Waals surface area contributed by atoms with Crippen molar-refractivity contribution in [3.8, 4) is 5.69 Å². The summed E-state index contributed by atoms with van der Waals surface area (Å²) in [6, 6.07) is 7.06. The van der Waals surface area contributed by atoms with Crippen molar-refractivity contribution in [2.45, 2.75) is 11.7 Å². The van der Waals surface area contributed by atoms with Crippen LogP contribution in [-0.2, 0) is 11.3 Å². The normalized spacial score (nSPS) is 11.0. The van der Waals surface area contributed by atoms with E-state index >= 15 is 0 Å². The van der Waals surface area contributed by atoms with Gasteiger partial charge in [-0.3, -0.25) is 23.7 Å². The van der Waals surface area contributed by atoms with Crippen molar-refractivity contribution in [3.05, 3.63) is 62.0 Å². The van der Waals surface area contributed by atoms with Crippen LogP contribution in [0.2, 0.25) is 5.02 Å². The van der Waals surface area contributed by atoms with Crippen LogP contribution in [0.15, 0.2) is 45.3 Å². The lowest BCUT2D eigenvalue weighted by Crippen LogP contribution is -2.37. The van der Waals surface area contributed by atoms with Gasteiger partial charge >= 0.3 is 5.69 Å². The Labute approximate surface area is 173 Å². The number of carbonyl (C=O) groups is 1. The molecule has 0 aliphatic rings. The first-order chi connectivity index (χ1) is 13.9. The van der Waals surface area contributed by atoms with Gasteiger partial charge in [0, 0.05) is 12.1 Å². The summed E-state index contributed by atoms with van der Waals surface area (Å²) in [6.07, 6.45) is 1.49. The molecule has 0 fully saturated rings. The molecule has 0 unspecified atom stereocenters. The van der Waals surface area contributed by atoms with Gasteiger partial charge in [0.25, 0.3) is 5.56 Å². The van der Waals surface area contributed by atoms with Crippen molar-refractivity contribution in [2.75, 3.05) is 25.2 Å². The summed E-state index contributed by atoms with van der Waals surface area (Å²) in [5.74, 6) is -0.868. The van der Waals surface area contributed by atoms with Crippen LogP contribution in [0.25, 0.3) is 5.69 Å². The molecule has 0 amide bonds. The van der Waals surface area contributed by atoms with Gasteiger partial charge in [0.15, 0.2) is 10.9 Å². The highest BCUT2D eigenvalue weighted by atomic mass is 35.5. The Morgan fingerprint density at radius 1 is 1.38 bits per heavy atom. The maximum atomic E-state index is 12.7. The molecule has 2 aromatic heterocycles. The number of nitrogens with two attached hydrogens (primary N) is 1. The fourth-order valence-corrected chi connectivity index (χ4v) is 3.58. The second-order valence-corrected chi connectivity index (χ2v) is 7.22. The van der Waals surface area contributed by atoms with Gasteiger partial charge in [0.1, 0.15) is 17.7 Å². The number of ether oxygens (including phenoxy) is 1. The van der Waals surface area contributed by atoms with Crippen LogP contribution in [0.4, 0.5) is 5.82 Å². The van der Waals surface area contributed by atoms with Crippen molar-refractivity contribution < 1.29 is 9.53 Å². The van der Waals surface area contributed by atoms with Crippen molar-refractivity contribution in [2.24, 2.45) is 0 Å². The maximum Gasteiger partial charge on any atom is 0.330 e. The van der Waals surface area contributed by atoms with Crippen LogP contribution < -0.4 is 17.0 Å². The number of aromatic nitrogens is 5. The number of carbonyl (C=O) groups excluding carboxylic acids is 1. The SMILES string of the molecule is COCCn1c(N)c(C(=O)CSc2nncn2-c2cccc(Cl)c2)c(=O)[nH]c1=O. The lowest BCUT2D eigenvalue weighted by Gasteiger charge is -2.11. The van der Waals surface area contributed by atoms with Gasteiger partial charge in [-0.05, 0) is 18.2 Å². The summed E-state index contributed by atoms with van der Waals surface area (Å²) in [6.45, 7) is 0.301. The van der Waals surface area contributed by atoms with Crippen molar-refractivity contribution in [1.82, 2.24) is 24.3 Å². The van der Waals surface area contributed by atoms with Crippen molar-refractivity contribution in [1.29, 1.82) is 0 Å². The molecule has 0 spiro atoms. The summed E-state index contributed by atoms with van der Waals surface area (Å²) < 4.78 is 7.68. The molecule has 3 N–H and O–H groups in total. The molecule has 12 heteroatoms. The van der Waals surface area contributed by atoms with E-state index in [0.29, 0.717) is 10.2 Å². The Morgan fingerprint density at radius 2 is 2.17 bits per heavy atom. The number of Topliss-reactive ketones (excluding diaryl/α,β-unsaturated/α-hetero) is 1. The predicted octanol–water partition coefficient (Wildman–Crippen LogP) is 0.974. The second-order valence-electron chi connectivity index (χ2n) is 5.84. The number of thioether (sulfide) groups is 1. The van der Waals surface area contributed by atoms with Crippen LogP contribution in [0.1, 0.15) is 10.4 Å². The highest BCUT2D eigenvalue weighted by molar-refractivity contribution is 7.99. The van der Waals surface area contributed by atoms with Gasteiger partial charge in [0.2, 0.25) is 0 Å². The minimum atomic E-state index is -0.830. The first kappa shape index (κ1) is 20.8. The summed E-state index contributed by atoms with van der Waals surface area (Å²) in [7, 11) is 1.46. The number of hydrogen-bond acceptors (Lipinski definition) is 8. The van der Waals surface area contributed by atoms with E-state index < -0.39 is 17.0 Å². The molecule has 3 aromatic rings. The average Bonchev–Trinajstić information content (AvgIpc) is 3.14. The van der Waals surface area contributed by atoms with Gasteiger partial charge in [-0.15, -0.1) is 10.2 Å². The van der Waals surface area contributed by atoms with E-state index in [1.165, 1.54) is 13.4 Å². The lowest BCUT2D eigenvalue weighted by molar-refractivity contribution is 0.102. The monoisotopic (exact) mass is 436 g/mol. The zero-order valence-corrected chi connectivity index (χ0v) is 16.9. The lowest BCUT2D eigenvalue weighted by atomic mass is 10.2. The number of nitrogens with one attached hydrogen (secondary N) is 1. The molecule has 1 aromatic carbocycles. The minimum absolute atomic E-state index is 0.106. The standard InChI is InChI=1S/C17H17ClN6O4S/c1-28-6-5-23-14(19)13(15(26)21-16(23)27)12(25)8-29-17-22-20-9-24(17)11-4-2-3-10(18)7-11/h2-4,7,9H,5-6,8,19H2,1H3,(H,21,26,27). The number of aromatic amines is 1. The van der Waals surface area contributed by atoms with Gasteiger partial charge < -0.3 is 10.5 Å². The zero-order chi connectivity index (χ0) is 21.0. The molecule has 0 aliphatic heterocycles. The molecule has 0 aliphatic carbocycles. The van der Waals surface area contributed by atoms with Gasteiger partial charge in [-0.25, -0.2) is 4.79 Å². The van der Waals surface area contributed by atoms with Crippen LogP contribution in [0.3, 0.4) is 0 Å². The van der Waals surface area contributed by atoms with E-state index in [0.717, 1.165) is 22.0 Å². The molecule has 3 rings (SSSR count). The Morgan fingerprint density at radius 3 is 2.90 bits per heavy atom. The van der Waals surface area contributed by atoms with E-state index in [-0.39, 0.29) is 30.3 Å². The molecule has 0 radical (unpaired) electrons. The van der Waals surface area contributed by atoms with Crippen LogP contribution in [0, 0.1) is 0 Å². The van der Waals surface area contributed by atoms with Gasteiger partial charge in [-0.2, -0.15) is 0 Å². The first-order valence-electron chi connectivity index (χ1n) is 8.36. The quantitative estimate of drug-likeness (QED) is 0.393. The smallest absolute Gasteiger partial charge is 0.330 e. The van der Waals surface area contributed by atoms with E-state index in [4.69, 9.17) is 22.1 Å². The zero-order valence-electron chi connectivity index (χ0n) is 15.3. The minimum Gasteiger partial charge on any atom is -0.384 e. The number of hydrogen-bond donors (Lipinski definition) is 2. The molecule has 29 heavy (non-hydrogen) atoms. The predicted molar refractivity (Wildman–Crippen MR) is 109 cm³/mol. The molecule has 0 saturated heterocycles. The summed E-state index contributed by atoms with van der Waals surface area (Å²) in [4.78, 5) is 38.9. The summed E-state index contributed by atoms with van der Waals surface area (Å²) >= 11 is 7.10. The molecule has 152 valence electrons. The number of rotatable bonds is 8. The Kier molecular flexibility index (Phi) is 6.52. The molecule has 0 saturated carbocycles. The third kappa shape index (κ3) is 4.58. The average molecular weight is 437 g/mol. The van der Waals surface area contributed by atoms with E-state index in [2.05, 4.69) is 15.2 Å². The topological polar surface area (TPSA) is 138 Å². The van der Waals surface area contributed by atoms with E-state index in [1.807, 2.05) is 6.07 Å². The van der Waals surface area contributed by atoms with Crippen molar-refractivity contribution in [3.63, 3.8) is 0 Å². The molecule has 0 atom stereocenters. The third-order valence-electron chi connectivity index (χ3n) is 3.97. The first-order valence-corrected chi connectivity index (χ1v) is 9.72. The number of ketones is 1. The van der Waals surface area contributed by atoms with Gasteiger partial charge in [-0.1, -0.05) is 29.4 Å². The van der Waals surface area contributed by atoms with Crippen LogP contribution >= 0.6 is 23.4 Å². The number of methoxy groups -OCH3 is 1. The number of benzene rings is 1. The van der Waals surface area contributed by atoms with E-state index in [9.17, 15) is 14.4 Å². The summed E-state index contributed by atoms with van der Waals surface area (Å²) in [5, 5.41) is 8.83. The fourth-order valence-electron chi connectivity index (χ4n) is 2.59. The van der Waals surface area contributed by atoms with E-state index in [1.54, 1.807) is 22.8 Å². The number of halogens is 1. The highest BCUT2D eigenvalue weighted by Crippen LogP contribution is 2.22. The Hall–Kier alpha value is -2.89. The number of nitrogens with zero attached hydrogens (tertiary/aromatic N) is 4. The fraction of sp³-hybridized carbons (Fsp3) is 0.235. The number of nitrogen functional groups attached to an aromatic ring is 1. The molecule has 0 bridgehead atoms. The maximum absolute atomic E-state index is 12.7. The molecular formula is C17H17ClN6O4S. The van der Waals surface area contributed by atoms with Crippen LogP contribution in [-0.4, -0.2) is 49.6 Å². The molecule has 2 heterocycles. The largest absolute Gasteiger partial charge is 0.384 e. The van der Waals surface area contributed by atoms with Crippen LogP contribution in [0.5, 0.6) is 0 Å². The third-order valence-corrected chi connectivity index (χ3v) is 5.15. The Balaban J connectivity index is 1.83. The number of anilines is 1. The summed E-state index contributed by atoms with van der Waals surface area (Å²) in [5.41, 5.74) is 4.84.